The van der Waals surface area contributed by atoms with Crippen molar-refractivity contribution in [3.05, 3.63) is 55.4 Å². The molecule has 0 unspecified atom stereocenters. The Morgan fingerprint density at radius 2 is 1.76 bits per heavy atom. The summed E-state index contributed by atoms with van der Waals surface area (Å²) in [6.45, 7) is 4.31. The first-order valence-corrected chi connectivity index (χ1v) is 10.8. The highest BCUT2D eigenvalue weighted by Crippen LogP contribution is 2.22. The van der Waals surface area contributed by atoms with Crippen LogP contribution < -0.4 is 9.64 Å². The Morgan fingerprint density at radius 1 is 1.03 bits per heavy atom. The molecule has 1 aliphatic rings. The molecule has 3 aromatic rings. The van der Waals surface area contributed by atoms with Crippen LogP contribution in [0, 0.1) is 0 Å². The molecule has 0 aliphatic carbocycles. The van der Waals surface area contributed by atoms with Crippen LogP contribution in [0.25, 0.3) is 5.82 Å². The van der Waals surface area contributed by atoms with Crippen LogP contribution in [0.3, 0.4) is 0 Å². The van der Waals surface area contributed by atoms with Gasteiger partial charge in [0.05, 0.1) is 11.5 Å². The Hall–Kier alpha value is -2.98. The van der Waals surface area contributed by atoms with Crippen LogP contribution in [-0.4, -0.2) is 65.0 Å². The Bertz CT molecular complexity index is 1050. The summed E-state index contributed by atoms with van der Waals surface area (Å²) >= 11 is 0. The van der Waals surface area contributed by atoms with Gasteiger partial charge in [-0.15, -0.1) is 0 Å². The van der Waals surface area contributed by atoms with E-state index in [-0.39, 0.29) is 4.90 Å². The molecule has 0 saturated carbocycles. The lowest BCUT2D eigenvalue weighted by atomic mass is 10.3. The zero-order valence-electron chi connectivity index (χ0n) is 16.0. The molecule has 4 rings (SSSR count). The van der Waals surface area contributed by atoms with E-state index >= 15 is 0 Å². The Morgan fingerprint density at radius 3 is 2.41 bits per heavy atom. The fraction of sp³-hybridized carbons (Fsp3) is 0.316. The second-order valence-electron chi connectivity index (χ2n) is 6.50. The third kappa shape index (κ3) is 4.08. The van der Waals surface area contributed by atoms with Crippen LogP contribution >= 0.6 is 0 Å². The van der Waals surface area contributed by atoms with Crippen LogP contribution in [0.15, 0.2) is 60.3 Å². The molecule has 9 nitrogen and oxygen atoms in total. The number of anilines is 1. The molecule has 1 saturated heterocycles. The Balaban J connectivity index is 1.44. The zero-order chi connectivity index (χ0) is 20.3. The van der Waals surface area contributed by atoms with Crippen LogP contribution in [0.2, 0.25) is 0 Å². The lowest BCUT2D eigenvalue weighted by Gasteiger charge is -2.34. The largest absolute Gasteiger partial charge is 0.494 e. The lowest BCUT2D eigenvalue weighted by Crippen LogP contribution is -2.48. The van der Waals surface area contributed by atoms with Crippen molar-refractivity contribution in [2.75, 3.05) is 37.7 Å². The summed E-state index contributed by atoms with van der Waals surface area (Å²) in [5.41, 5.74) is 0. The highest BCUT2D eigenvalue weighted by Gasteiger charge is 2.29. The standard InChI is InChI=1S/C19H22N6O3S/c1-2-28-16-3-5-17(6-4-16)29(26,27)25-11-9-23(10-12-25)18-13-19(22-14-21-18)24-8-7-20-15-24/h3-8,13-15H,2,9-12H2,1H3. The average molecular weight is 414 g/mol. The molecular weight excluding hydrogens is 392 g/mol. The molecule has 29 heavy (non-hydrogen) atoms. The maximum absolute atomic E-state index is 12.9. The predicted octanol–water partition coefficient (Wildman–Crippen LogP) is 1.57. The van der Waals surface area contributed by atoms with Gasteiger partial charge in [0.1, 0.15) is 30.0 Å². The number of ether oxygens (including phenoxy) is 1. The first-order valence-electron chi connectivity index (χ1n) is 9.36. The van der Waals surface area contributed by atoms with Gasteiger partial charge in [-0.1, -0.05) is 0 Å². The van der Waals surface area contributed by atoms with Gasteiger partial charge >= 0.3 is 0 Å². The summed E-state index contributed by atoms with van der Waals surface area (Å²) in [5, 5.41) is 0. The van der Waals surface area contributed by atoms with E-state index in [0.29, 0.717) is 38.5 Å². The topological polar surface area (TPSA) is 93.5 Å². The monoisotopic (exact) mass is 414 g/mol. The number of hydrogen-bond donors (Lipinski definition) is 0. The Labute approximate surface area is 169 Å². The number of benzene rings is 1. The molecule has 1 aromatic carbocycles. The first-order chi connectivity index (χ1) is 14.1. The smallest absolute Gasteiger partial charge is 0.243 e. The number of hydrogen-bond acceptors (Lipinski definition) is 7. The second-order valence-corrected chi connectivity index (χ2v) is 8.44. The summed E-state index contributed by atoms with van der Waals surface area (Å²) in [6.07, 6.45) is 6.68. The van der Waals surface area contributed by atoms with E-state index in [4.69, 9.17) is 4.74 Å². The van der Waals surface area contributed by atoms with Crippen molar-refractivity contribution < 1.29 is 13.2 Å². The van der Waals surface area contributed by atoms with Crippen molar-refractivity contribution in [3.63, 3.8) is 0 Å². The van der Waals surface area contributed by atoms with E-state index in [1.54, 1.807) is 41.4 Å². The molecule has 0 atom stereocenters. The van der Waals surface area contributed by atoms with E-state index in [9.17, 15) is 8.42 Å². The minimum Gasteiger partial charge on any atom is -0.494 e. The van der Waals surface area contributed by atoms with Crippen LogP contribution in [-0.2, 0) is 10.0 Å². The molecular formula is C19H22N6O3S. The molecule has 3 heterocycles. The lowest BCUT2D eigenvalue weighted by molar-refractivity contribution is 0.340. The first kappa shape index (κ1) is 19.3. The molecule has 1 aliphatic heterocycles. The van der Waals surface area contributed by atoms with E-state index in [1.165, 1.54) is 10.6 Å². The van der Waals surface area contributed by atoms with Gasteiger partial charge in [0.15, 0.2) is 0 Å². The van der Waals surface area contributed by atoms with E-state index in [1.807, 2.05) is 19.2 Å². The van der Waals surface area contributed by atoms with Gasteiger partial charge in [-0.3, -0.25) is 4.57 Å². The summed E-state index contributed by atoms with van der Waals surface area (Å²) in [6, 6.07) is 8.43. The molecule has 1 fully saturated rings. The SMILES string of the molecule is CCOc1ccc(S(=O)(=O)N2CCN(c3cc(-n4ccnc4)ncn3)CC2)cc1. The van der Waals surface area contributed by atoms with Crippen molar-refractivity contribution in [2.24, 2.45) is 0 Å². The number of sulfonamides is 1. The van der Waals surface area contributed by atoms with Crippen LogP contribution in [0.1, 0.15) is 6.92 Å². The molecule has 0 amide bonds. The van der Waals surface area contributed by atoms with E-state index < -0.39 is 10.0 Å². The summed E-state index contributed by atoms with van der Waals surface area (Å²) in [7, 11) is -3.54. The Kier molecular flexibility index (Phi) is 5.45. The fourth-order valence-electron chi connectivity index (χ4n) is 3.23. The number of imidazole rings is 1. The summed E-state index contributed by atoms with van der Waals surface area (Å²) < 4.78 is 34.6. The molecule has 0 bridgehead atoms. The molecule has 2 aromatic heterocycles. The fourth-order valence-corrected chi connectivity index (χ4v) is 4.65. The van der Waals surface area contributed by atoms with E-state index in [2.05, 4.69) is 19.9 Å². The highest BCUT2D eigenvalue weighted by atomic mass is 32.2. The molecule has 152 valence electrons. The number of rotatable bonds is 6. The zero-order valence-corrected chi connectivity index (χ0v) is 16.9. The minimum atomic E-state index is -3.54. The van der Waals surface area contributed by atoms with Crippen LogP contribution in [0.5, 0.6) is 5.75 Å². The van der Waals surface area contributed by atoms with E-state index in [0.717, 1.165) is 11.6 Å². The maximum atomic E-state index is 12.9. The van der Waals surface area contributed by atoms with Gasteiger partial charge in [0, 0.05) is 44.6 Å². The molecule has 0 radical (unpaired) electrons. The highest BCUT2D eigenvalue weighted by molar-refractivity contribution is 7.89. The molecule has 0 N–H and O–H groups in total. The molecule has 0 spiro atoms. The normalized spacial score (nSPS) is 15.4. The summed E-state index contributed by atoms with van der Waals surface area (Å²) in [4.78, 5) is 15.0. The third-order valence-corrected chi connectivity index (χ3v) is 6.66. The number of aromatic nitrogens is 4. The minimum absolute atomic E-state index is 0.277. The van der Waals surface area contributed by atoms with Crippen molar-refractivity contribution in [3.8, 4) is 11.6 Å². The van der Waals surface area contributed by atoms with Gasteiger partial charge in [0.25, 0.3) is 0 Å². The van der Waals surface area contributed by atoms with Crippen molar-refractivity contribution in [1.82, 2.24) is 23.8 Å². The maximum Gasteiger partial charge on any atom is 0.243 e. The average Bonchev–Trinajstić information content (AvgIpc) is 3.30. The van der Waals surface area contributed by atoms with Crippen molar-refractivity contribution in [2.45, 2.75) is 11.8 Å². The second kappa shape index (κ2) is 8.18. The van der Waals surface area contributed by atoms with Gasteiger partial charge in [-0.2, -0.15) is 4.31 Å². The van der Waals surface area contributed by atoms with Crippen LogP contribution in [0.4, 0.5) is 5.82 Å². The number of nitrogens with zero attached hydrogens (tertiary/aromatic N) is 6. The summed E-state index contributed by atoms with van der Waals surface area (Å²) in [5.74, 6) is 2.15. The van der Waals surface area contributed by atoms with Crippen molar-refractivity contribution in [1.29, 1.82) is 0 Å². The third-order valence-electron chi connectivity index (χ3n) is 4.74. The van der Waals surface area contributed by atoms with Gasteiger partial charge in [-0.05, 0) is 31.2 Å². The molecule has 10 heteroatoms. The van der Waals surface area contributed by atoms with Crippen molar-refractivity contribution >= 4 is 15.8 Å². The van der Waals surface area contributed by atoms with Gasteiger partial charge in [0.2, 0.25) is 10.0 Å². The quantitative estimate of drug-likeness (QED) is 0.604. The van der Waals surface area contributed by atoms with Gasteiger partial charge < -0.3 is 9.64 Å². The number of piperazine rings is 1. The predicted molar refractivity (Wildman–Crippen MR) is 108 cm³/mol. The van der Waals surface area contributed by atoms with Gasteiger partial charge in [-0.25, -0.2) is 23.4 Å².